The van der Waals surface area contributed by atoms with Crippen molar-refractivity contribution in [2.24, 2.45) is 0 Å². The number of H-pyrrole nitrogens is 1. The van der Waals surface area contributed by atoms with Crippen molar-refractivity contribution in [1.82, 2.24) is 14.6 Å². The average molecular weight is 556 g/mol. The third-order valence-electron chi connectivity index (χ3n) is 5.98. The van der Waals surface area contributed by atoms with Gasteiger partial charge in [-0.1, -0.05) is 18.2 Å². The second kappa shape index (κ2) is 11.2. The SMILES string of the molecule is CC(C)OC(=O)C(C)NP(=S)(OCC1OC(n2ccc(=O)[nH]c2=O)C2(CCO2)C1O)Oc1ccccc1. The topological polar surface area (TPSA) is 150 Å². The van der Waals surface area contributed by atoms with Gasteiger partial charge in [0.2, 0.25) is 0 Å². The first-order valence-electron chi connectivity index (χ1n) is 11.8. The summed E-state index contributed by atoms with van der Waals surface area (Å²) in [6, 6.07) is 9.06. The van der Waals surface area contributed by atoms with Crippen LogP contribution in [0.2, 0.25) is 0 Å². The average Bonchev–Trinajstić information content (AvgIpc) is 3.10. The minimum atomic E-state index is -3.38. The number of aromatic nitrogens is 2. The van der Waals surface area contributed by atoms with Crippen LogP contribution in [0.1, 0.15) is 33.4 Å². The number of benzene rings is 1. The maximum Gasteiger partial charge on any atom is 0.330 e. The number of carbonyl (C=O) groups excluding carboxylic acids is 1. The van der Waals surface area contributed by atoms with Gasteiger partial charge in [-0.2, -0.15) is 0 Å². The summed E-state index contributed by atoms with van der Waals surface area (Å²) in [7, 11) is 0. The lowest BCUT2D eigenvalue weighted by molar-refractivity contribution is -0.227. The van der Waals surface area contributed by atoms with Crippen molar-refractivity contribution in [2.75, 3.05) is 13.2 Å². The van der Waals surface area contributed by atoms with E-state index in [0.29, 0.717) is 18.8 Å². The zero-order chi connectivity index (χ0) is 26.8. The maximum atomic E-state index is 12.4. The zero-order valence-corrected chi connectivity index (χ0v) is 22.3. The zero-order valence-electron chi connectivity index (χ0n) is 20.6. The molecule has 2 saturated heterocycles. The van der Waals surface area contributed by atoms with Gasteiger partial charge in [0.15, 0.2) is 6.23 Å². The Labute approximate surface area is 218 Å². The van der Waals surface area contributed by atoms with Crippen LogP contribution in [0.5, 0.6) is 5.75 Å². The standard InChI is InChI=1S/C23H30N3O9PS/c1-14(2)33-20(29)15(3)25-36(37,35-16-7-5-4-6-8-16)32-13-17-19(28)23(10-12-31-23)21(34-17)26-11-9-18(27)24-22(26)30/h4-9,11,14-15,17,19,21,28H,10,12-13H2,1-3H3,(H,25,37)(H,24,27,30). The van der Waals surface area contributed by atoms with Gasteiger partial charge in [0, 0.05) is 18.7 Å². The molecule has 3 heterocycles. The normalized spacial score (nSPS) is 27.4. The molecule has 6 atom stereocenters. The highest BCUT2D eigenvalue weighted by molar-refractivity contribution is 8.09. The van der Waals surface area contributed by atoms with Crippen molar-refractivity contribution in [2.45, 2.75) is 63.4 Å². The van der Waals surface area contributed by atoms with E-state index in [1.165, 1.54) is 16.8 Å². The highest BCUT2D eigenvalue weighted by atomic mass is 32.5. The molecular formula is C23H30N3O9PS. The van der Waals surface area contributed by atoms with Gasteiger partial charge in [0.25, 0.3) is 5.56 Å². The summed E-state index contributed by atoms with van der Waals surface area (Å²) >= 11 is 5.71. The fourth-order valence-electron chi connectivity index (χ4n) is 4.13. The summed E-state index contributed by atoms with van der Waals surface area (Å²) in [4.78, 5) is 38.5. The van der Waals surface area contributed by atoms with Gasteiger partial charge >= 0.3 is 18.3 Å². The Morgan fingerprint density at radius 2 is 2.00 bits per heavy atom. The summed E-state index contributed by atoms with van der Waals surface area (Å²) in [5, 5.41) is 14.1. The molecule has 0 amide bonds. The number of hydrogen-bond donors (Lipinski definition) is 3. The largest absolute Gasteiger partial charge is 0.462 e. The number of esters is 1. The van der Waals surface area contributed by atoms with E-state index in [2.05, 4.69) is 10.1 Å². The summed E-state index contributed by atoms with van der Waals surface area (Å²) in [6.07, 6.45) is -1.74. The molecule has 1 aromatic heterocycles. The highest BCUT2D eigenvalue weighted by Crippen LogP contribution is 2.50. The second-order valence-corrected chi connectivity index (χ2v) is 12.2. The molecule has 202 valence electrons. The first-order chi connectivity index (χ1) is 17.5. The van der Waals surface area contributed by atoms with Crippen LogP contribution in [-0.2, 0) is 35.3 Å². The van der Waals surface area contributed by atoms with Crippen molar-refractivity contribution in [1.29, 1.82) is 0 Å². The smallest absolute Gasteiger partial charge is 0.330 e. The third kappa shape index (κ3) is 6.04. The third-order valence-corrected chi connectivity index (χ3v) is 8.48. The summed E-state index contributed by atoms with van der Waals surface area (Å²) in [6.45, 7) is 1.81. The molecule has 14 heteroatoms. The molecule has 37 heavy (non-hydrogen) atoms. The van der Waals surface area contributed by atoms with Gasteiger partial charge in [-0.05, 0) is 44.7 Å². The van der Waals surface area contributed by atoms with Gasteiger partial charge in [-0.15, -0.1) is 0 Å². The van der Waals surface area contributed by atoms with Gasteiger partial charge in [0.1, 0.15) is 29.6 Å². The fraction of sp³-hybridized carbons (Fsp3) is 0.522. The summed E-state index contributed by atoms with van der Waals surface area (Å²) in [5.41, 5.74) is -2.45. The molecule has 6 unspecified atom stereocenters. The van der Waals surface area contributed by atoms with Crippen molar-refractivity contribution in [3.05, 3.63) is 63.4 Å². The number of para-hydroxylation sites is 1. The lowest BCUT2D eigenvalue weighted by Gasteiger charge is -2.44. The molecule has 2 aliphatic heterocycles. The first-order valence-corrected chi connectivity index (χ1v) is 14.4. The molecule has 2 aromatic rings. The Kier molecular flexibility index (Phi) is 8.34. The van der Waals surface area contributed by atoms with Gasteiger partial charge in [-0.3, -0.25) is 19.1 Å². The van der Waals surface area contributed by atoms with Crippen LogP contribution in [0, 0.1) is 0 Å². The molecular weight excluding hydrogens is 525 g/mol. The monoisotopic (exact) mass is 555 g/mol. The molecule has 1 aromatic carbocycles. The Balaban J connectivity index is 1.53. The van der Waals surface area contributed by atoms with Crippen LogP contribution in [-0.4, -0.2) is 63.8 Å². The molecule has 1 spiro atoms. The first kappa shape index (κ1) is 27.6. The molecule has 4 rings (SSSR count). The summed E-state index contributed by atoms with van der Waals surface area (Å²) < 4.78 is 30.2. The molecule has 0 aliphatic carbocycles. The fourth-order valence-corrected chi connectivity index (χ4v) is 6.55. The number of aliphatic hydroxyl groups is 1. The minimum absolute atomic E-state index is 0.232. The van der Waals surface area contributed by atoms with Gasteiger partial charge in [-0.25, -0.2) is 9.88 Å². The van der Waals surface area contributed by atoms with Gasteiger partial charge in [0.05, 0.1) is 19.3 Å². The summed E-state index contributed by atoms with van der Waals surface area (Å²) in [5.74, 6) is -0.104. The second-order valence-electron chi connectivity index (χ2n) is 9.08. The van der Waals surface area contributed by atoms with Crippen LogP contribution in [0.4, 0.5) is 0 Å². The van der Waals surface area contributed by atoms with E-state index in [1.807, 2.05) is 6.07 Å². The number of carbonyl (C=O) groups is 1. The molecule has 2 fully saturated rings. The van der Waals surface area contributed by atoms with Crippen molar-refractivity contribution < 1.29 is 33.2 Å². The van der Waals surface area contributed by atoms with E-state index in [1.54, 1.807) is 45.0 Å². The Bertz CT molecular complexity index is 1260. The number of ether oxygens (including phenoxy) is 3. The van der Waals surface area contributed by atoms with Crippen LogP contribution in [0.15, 0.2) is 52.2 Å². The molecule has 2 aliphatic rings. The van der Waals surface area contributed by atoms with Crippen LogP contribution < -0.4 is 20.9 Å². The van der Waals surface area contributed by atoms with Crippen LogP contribution in [0.3, 0.4) is 0 Å². The van der Waals surface area contributed by atoms with Crippen molar-refractivity contribution in [3.8, 4) is 5.75 Å². The van der Waals surface area contributed by atoms with E-state index >= 15 is 0 Å². The predicted molar refractivity (Wildman–Crippen MR) is 136 cm³/mol. The Morgan fingerprint density at radius 1 is 1.30 bits per heavy atom. The van der Waals surface area contributed by atoms with E-state index in [0.717, 1.165) is 0 Å². The van der Waals surface area contributed by atoms with E-state index in [9.17, 15) is 19.5 Å². The van der Waals surface area contributed by atoms with E-state index in [-0.39, 0.29) is 12.7 Å². The quantitative estimate of drug-likeness (QED) is 0.287. The van der Waals surface area contributed by atoms with E-state index in [4.69, 9.17) is 35.1 Å². The van der Waals surface area contributed by atoms with Crippen molar-refractivity contribution in [3.63, 3.8) is 0 Å². The Hall–Kier alpha value is -2.38. The van der Waals surface area contributed by atoms with Gasteiger partial charge < -0.3 is 28.4 Å². The number of aromatic amines is 1. The maximum absolute atomic E-state index is 12.4. The number of hydrogen-bond acceptors (Lipinski definition) is 10. The predicted octanol–water partition coefficient (Wildman–Crippen LogP) is 1.20. The number of aliphatic hydroxyl groups excluding tert-OH is 1. The van der Waals surface area contributed by atoms with Crippen LogP contribution >= 0.6 is 6.64 Å². The molecule has 0 bridgehead atoms. The number of rotatable bonds is 10. The van der Waals surface area contributed by atoms with E-state index < -0.39 is 53.9 Å². The number of nitrogens with one attached hydrogen (secondary N) is 2. The van der Waals surface area contributed by atoms with Crippen molar-refractivity contribution >= 4 is 24.4 Å². The molecule has 0 saturated carbocycles. The lowest BCUT2D eigenvalue weighted by Crippen LogP contribution is -2.57. The Morgan fingerprint density at radius 3 is 2.59 bits per heavy atom. The highest BCUT2D eigenvalue weighted by Gasteiger charge is 2.62. The lowest BCUT2D eigenvalue weighted by atomic mass is 9.86. The molecule has 12 nitrogen and oxygen atoms in total. The minimum Gasteiger partial charge on any atom is -0.462 e. The van der Waals surface area contributed by atoms with Crippen LogP contribution in [0.25, 0.3) is 0 Å². The molecule has 3 N–H and O–H groups in total. The number of nitrogens with zero attached hydrogens (tertiary/aromatic N) is 1. The molecule has 0 radical (unpaired) electrons.